The number of hydrogen-bond donors (Lipinski definition) is 1. The summed E-state index contributed by atoms with van der Waals surface area (Å²) in [5, 5.41) is 2.81. The molecule has 0 radical (unpaired) electrons. The van der Waals surface area contributed by atoms with Crippen molar-refractivity contribution in [3.8, 4) is 5.75 Å². The summed E-state index contributed by atoms with van der Waals surface area (Å²) in [6, 6.07) is 14.8. The third-order valence-corrected chi connectivity index (χ3v) is 3.27. The number of carbonyl (C=O) groups is 2. The molecule has 0 aromatic heterocycles. The van der Waals surface area contributed by atoms with Gasteiger partial charge in [0.15, 0.2) is 6.61 Å². The number of nitrogens with one attached hydrogen (secondary N) is 1. The average Bonchev–Trinajstić information content (AvgIpc) is 2.61. The van der Waals surface area contributed by atoms with Gasteiger partial charge in [0.05, 0.1) is 7.11 Å². The first-order valence-corrected chi connectivity index (χ1v) is 7.43. The highest BCUT2D eigenvalue weighted by molar-refractivity contribution is 6.02. The number of anilines is 1. The molecule has 1 amide bonds. The Morgan fingerprint density at radius 1 is 1.12 bits per heavy atom. The molecule has 0 fully saturated rings. The molecule has 0 aliphatic rings. The molecule has 5 nitrogen and oxygen atoms in total. The number of esters is 1. The third kappa shape index (κ3) is 5.28. The van der Waals surface area contributed by atoms with Gasteiger partial charge < -0.3 is 14.8 Å². The summed E-state index contributed by atoms with van der Waals surface area (Å²) in [5.74, 6) is -0.128. The Labute approximate surface area is 140 Å². The van der Waals surface area contributed by atoms with Gasteiger partial charge in [0.25, 0.3) is 0 Å². The van der Waals surface area contributed by atoms with Crippen molar-refractivity contribution in [2.75, 3.05) is 19.0 Å². The number of aryl methyl sites for hydroxylation is 1. The van der Waals surface area contributed by atoms with Gasteiger partial charge in [-0.15, -0.1) is 0 Å². The van der Waals surface area contributed by atoms with E-state index < -0.39 is 5.97 Å². The van der Waals surface area contributed by atoms with Crippen molar-refractivity contribution in [3.05, 3.63) is 65.7 Å². The molecule has 0 heterocycles. The molecular weight excluding hydrogens is 306 g/mol. The van der Waals surface area contributed by atoms with E-state index in [1.165, 1.54) is 13.2 Å². The van der Waals surface area contributed by atoms with Crippen molar-refractivity contribution in [2.45, 2.75) is 6.92 Å². The first-order valence-electron chi connectivity index (χ1n) is 7.43. The van der Waals surface area contributed by atoms with E-state index in [2.05, 4.69) is 10.1 Å². The zero-order valence-corrected chi connectivity index (χ0v) is 13.6. The van der Waals surface area contributed by atoms with Gasteiger partial charge in [-0.05, 0) is 42.3 Å². The second-order valence-electron chi connectivity index (χ2n) is 5.07. The van der Waals surface area contributed by atoms with Crippen molar-refractivity contribution in [1.82, 2.24) is 0 Å². The second-order valence-corrected chi connectivity index (χ2v) is 5.07. The molecule has 0 aliphatic carbocycles. The van der Waals surface area contributed by atoms with Crippen LogP contribution in [0.4, 0.5) is 5.69 Å². The number of benzene rings is 2. The highest BCUT2D eigenvalue weighted by Crippen LogP contribution is 2.21. The number of carbonyl (C=O) groups excluding carboxylic acids is 2. The molecule has 0 saturated heterocycles. The summed E-state index contributed by atoms with van der Waals surface area (Å²) < 4.78 is 9.82. The normalized spacial score (nSPS) is 10.4. The number of methoxy groups -OCH3 is 1. The average molecular weight is 325 g/mol. The number of hydrogen-bond acceptors (Lipinski definition) is 4. The molecule has 2 rings (SSSR count). The molecule has 1 N–H and O–H groups in total. The van der Waals surface area contributed by atoms with Gasteiger partial charge >= 0.3 is 5.97 Å². The van der Waals surface area contributed by atoms with Crippen LogP contribution >= 0.6 is 0 Å². The summed E-state index contributed by atoms with van der Waals surface area (Å²) in [4.78, 5) is 23.0. The fraction of sp³-hybridized carbons (Fsp3) is 0.158. The Balaban J connectivity index is 1.96. The molecule has 24 heavy (non-hydrogen) atoms. The minimum Gasteiger partial charge on any atom is -0.482 e. The Morgan fingerprint density at radius 2 is 1.88 bits per heavy atom. The number of rotatable bonds is 6. The monoisotopic (exact) mass is 325 g/mol. The summed E-state index contributed by atoms with van der Waals surface area (Å²) in [7, 11) is 1.30. The van der Waals surface area contributed by atoms with Gasteiger partial charge in [0.2, 0.25) is 5.91 Å². The van der Waals surface area contributed by atoms with Crippen LogP contribution in [0, 0.1) is 6.92 Å². The fourth-order valence-corrected chi connectivity index (χ4v) is 1.98. The summed E-state index contributed by atoms with van der Waals surface area (Å²) in [6.07, 6.45) is 3.23. The lowest BCUT2D eigenvalue weighted by molar-refractivity contribution is -0.142. The fourth-order valence-electron chi connectivity index (χ4n) is 1.98. The standard InChI is InChI=1S/C19H19NO4/c1-14-12-16(24-13-19(22)23-2)9-10-17(14)20-18(21)11-8-15-6-4-3-5-7-15/h3-12H,13H2,1-2H3,(H,20,21)/b11-8+. The maximum atomic E-state index is 12.0. The zero-order valence-electron chi connectivity index (χ0n) is 13.6. The zero-order chi connectivity index (χ0) is 17.4. The van der Waals surface area contributed by atoms with E-state index in [1.54, 1.807) is 24.3 Å². The van der Waals surface area contributed by atoms with Crippen LogP contribution in [-0.4, -0.2) is 25.6 Å². The van der Waals surface area contributed by atoms with Crippen LogP contribution in [0.2, 0.25) is 0 Å². The predicted octanol–water partition coefficient (Wildman–Crippen LogP) is 3.20. The van der Waals surface area contributed by atoms with Crippen LogP contribution in [0.5, 0.6) is 5.75 Å². The van der Waals surface area contributed by atoms with Crippen molar-refractivity contribution in [2.24, 2.45) is 0 Å². The molecule has 0 saturated carbocycles. The van der Waals surface area contributed by atoms with Gasteiger partial charge in [-0.1, -0.05) is 30.3 Å². The van der Waals surface area contributed by atoms with E-state index in [0.717, 1.165) is 11.1 Å². The van der Waals surface area contributed by atoms with E-state index in [9.17, 15) is 9.59 Å². The van der Waals surface area contributed by atoms with E-state index in [4.69, 9.17) is 4.74 Å². The van der Waals surface area contributed by atoms with Gasteiger partial charge in [0, 0.05) is 11.8 Å². The molecule has 0 atom stereocenters. The van der Waals surface area contributed by atoms with E-state index >= 15 is 0 Å². The third-order valence-electron chi connectivity index (χ3n) is 3.27. The van der Waals surface area contributed by atoms with Crippen molar-refractivity contribution in [1.29, 1.82) is 0 Å². The summed E-state index contributed by atoms with van der Waals surface area (Å²) in [5.41, 5.74) is 2.47. The van der Waals surface area contributed by atoms with E-state index in [1.807, 2.05) is 37.3 Å². The Bertz CT molecular complexity index is 738. The minimum absolute atomic E-state index is 0.151. The Morgan fingerprint density at radius 3 is 2.54 bits per heavy atom. The van der Waals surface area contributed by atoms with Gasteiger partial charge in [-0.3, -0.25) is 4.79 Å². The summed E-state index contributed by atoms with van der Waals surface area (Å²) >= 11 is 0. The highest BCUT2D eigenvalue weighted by Gasteiger charge is 2.06. The van der Waals surface area contributed by atoms with Crippen LogP contribution in [0.1, 0.15) is 11.1 Å². The smallest absolute Gasteiger partial charge is 0.343 e. The lowest BCUT2D eigenvalue weighted by atomic mass is 10.2. The van der Waals surface area contributed by atoms with Crippen LogP contribution < -0.4 is 10.1 Å². The first kappa shape index (κ1) is 17.3. The van der Waals surface area contributed by atoms with Crippen LogP contribution in [0.15, 0.2) is 54.6 Å². The summed E-state index contributed by atoms with van der Waals surface area (Å²) in [6.45, 7) is 1.70. The number of amides is 1. The molecule has 0 unspecified atom stereocenters. The molecule has 0 bridgehead atoms. The molecule has 0 aliphatic heterocycles. The van der Waals surface area contributed by atoms with E-state index in [0.29, 0.717) is 11.4 Å². The quantitative estimate of drug-likeness (QED) is 0.654. The molecule has 0 spiro atoms. The van der Waals surface area contributed by atoms with E-state index in [-0.39, 0.29) is 12.5 Å². The lowest BCUT2D eigenvalue weighted by Gasteiger charge is -2.10. The molecule has 2 aromatic carbocycles. The van der Waals surface area contributed by atoms with Crippen LogP contribution in [-0.2, 0) is 14.3 Å². The molecule has 2 aromatic rings. The predicted molar refractivity (Wildman–Crippen MR) is 92.8 cm³/mol. The second kappa shape index (κ2) is 8.53. The Hall–Kier alpha value is -3.08. The van der Waals surface area contributed by atoms with Crippen LogP contribution in [0.25, 0.3) is 6.08 Å². The molecule has 5 heteroatoms. The van der Waals surface area contributed by atoms with Gasteiger partial charge in [-0.2, -0.15) is 0 Å². The first-order chi connectivity index (χ1) is 11.6. The highest BCUT2D eigenvalue weighted by atomic mass is 16.6. The van der Waals surface area contributed by atoms with Crippen LogP contribution in [0.3, 0.4) is 0 Å². The maximum absolute atomic E-state index is 12.0. The van der Waals surface area contributed by atoms with Crippen molar-refractivity contribution < 1.29 is 19.1 Å². The topological polar surface area (TPSA) is 64.6 Å². The number of ether oxygens (including phenoxy) is 2. The Kier molecular flexibility index (Phi) is 6.14. The largest absolute Gasteiger partial charge is 0.482 e. The lowest BCUT2D eigenvalue weighted by Crippen LogP contribution is -2.13. The maximum Gasteiger partial charge on any atom is 0.343 e. The SMILES string of the molecule is COC(=O)COc1ccc(NC(=O)/C=C/c2ccccc2)c(C)c1. The molecular formula is C19H19NO4. The van der Waals surface area contributed by atoms with Crippen molar-refractivity contribution >= 4 is 23.6 Å². The van der Waals surface area contributed by atoms with Gasteiger partial charge in [0.1, 0.15) is 5.75 Å². The van der Waals surface area contributed by atoms with Crippen molar-refractivity contribution in [3.63, 3.8) is 0 Å². The van der Waals surface area contributed by atoms with Gasteiger partial charge in [-0.25, -0.2) is 4.79 Å². The molecule has 124 valence electrons. The minimum atomic E-state index is -0.448.